The number of hydrogen-bond acceptors (Lipinski definition) is 5. The van der Waals surface area contributed by atoms with Gasteiger partial charge in [0.1, 0.15) is 0 Å². The van der Waals surface area contributed by atoms with E-state index in [0.717, 1.165) is 74.6 Å². The van der Waals surface area contributed by atoms with Crippen molar-refractivity contribution in [2.45, 2.75) is 88.7 Å². The molecule has 158 valence electrons. The molecule has 6 heteroatoms. The fourth-order valence-electron chi connectivity index (χ4n) is 4.79. The van der Waals surface area contributed by atoms with Crippen molar-refractivity contribution in [1.29, 1.82) is 0 Å². The van der Waals surface area contributed by atoms with E-state index < -0.39 is 0 Å². The summed E-state index contributed by atoms with van der Waals surface area (Å²) < 4.78 is 1.08. The number of hydrogen-bond donors (Lipinski definition) is 3. The summed E-state index contributed by atoms with van der Waals surface area (Å²) in [5.41, 5.74) is 9.84. The molecule has 2 fully saturated rings. The summed E-state index contributed by atoms with van der Waals surface area (Å²) in [4.78, 5) is 4.78. The van der Waals surface area contributed by atoms with Gasteiger partial charge in [-0.15, -0.1) is 0 Å². The summed E-state index contributed by atoms with van der Waals surface area (Å²) in [6.45, 7) is 1.66. The third-order valence-corrected chi connectivity index (χ3v) is 7.19. The fraction of sp³-hybridized carbons (Fsp3) is 0.727. The molecule has 1 aromatic rings. The van der Waals surface area contributed by atoms with Crippen LogP contribution in [0.5, 0.6) is 0 Å². The highest BCUT2D eigenvalue weighted by Crippen LogP contribution is 2.30. The van der Waals surface area contributed by atoms with E-state index in [1.54, 1.807) is 0 Å². The van der Waals surface area contributed by atoms with E-state index in [4.69, 9.17) is 5.73 Å². The molecule has 0 heterocycles. The van der Waals surface area contributed by atoms with Crippen molar-refractivity contribution < 1.29 is 10.2 Å². The largest absolute Gasteiger partial charge is 0.398 e. The maximum absolute atomic E-state index is 9.76. The lowest BCUT2D eigenvalue weighted by Gasteiger charge is -2.34. The van der Waals surface area contributed by atoms with Crippen molar-refractivity contribution in [1.82, 2.24) is 9.80 Å². The minimum Gasteiger partial charge on any atom is -0.398 e. The Hall–Kier alpha value is -0.660. The monoisotopic (exact) mass is 453 g/mol. The van der Waals surface area contributed by atoms with Gasteiger partial charge in [0.15, 0.2) is 0 Å². The Morgan fingerprint density at radius 2 is 1.18 bits per heavy atom. The Labute approximate surface area is 178 Å². The van der Waals surface area contributed by atoms with Gasteiger partial charge in [-0.3, -0.25) is 9.80 Å². The molecule has 2 saturated carbocycles. The predicted octanol–water partition coefficient (Wildman–Crippen LogP) is 3.50. The highest BCUT2D eigenvalue weighted by Gasteiger charge is 2.25. The Morgan fingerprint density at radius 1 is 0.821 bits per heavy atom. The van der Waals surface area contributed by atoms with E-state index >= 15 is 0 Å². The summed E-state index contributed by atoms with van der Waals surface area (Å²) in [5, 5.41) is 19.5. The molecule has 0 unspecified atom stereocenters. The molecule has 0 radical (unpaired) electrons. The van der Waals surface area contributed by atoms with Crippen LogP contribution in [0.15, 0.2) is 16.6 Å². The molecule has 0 saturated heterocycles. The third-order valence-electron chi connectivity index (χ3n) is 6.73. The minimum absolute atomic E-state index is 0.122. The van der Waals surface area contributed by atoms with Crippen LogP contribution in [0.25, 0.3) is 0 Å². The number of nitrogens with two attached hydrogens (primary N) is 1. The zero-order valence-electron chi connectivity index (χ0n) is 17.3. The number of nitrogen functional groups attached to an aromatic ring is 1. The lowest BCUT2D eigenvalue weighted by molar-refractivity contribution is 0.0814. The molecule has 3 rings (SSSR count). The molecule has 0 aromatic heterocycles. The number of aliphatic hydroxyl groups excluding tert-OH is 2. The van der Waals surface area contributed by atoms with Crippen LogP contribution in [-0.2, 0) is 13.1 Å². The second-order valence-electron chi connectivity index (χ2n) is 8.89. The number of halogens is 1. The minimum atomic E-state index is -0.122. The summed E-state index contributed by atoms with van der Waals surface area (Å²) in [7, 11) is 4.34. The van der Waals surface area contributed by atoms with E-state index in [1.807, 2.05) is 0 Å². The molecule has 0 aliphatic heterocycles. The molecule has 0 atom stereocenters. The smallest absolute Gasteiger partial charge is 0.0541 e. The SMILES string of the molecule is CN(Cc1cc(Br)cc(CN(C)C2CCC(O)CC2)c1N)C1CCC(O)CC1. The number of benzene rings is 1. The van der Waals surface area contributed by atoms with Crippen molar-refractivity contribution in [2.75, 3.05) is 19.8 Å². The summed E-state index contributed by atoms with van der Waals surface area (Å²) in [5.74, 6) is 0. The normalized spacial score (nSPS) is 28.8. The average molecular weight is 454 g/mol. The molecule has 28 heavy (non-hydrogen) atoms. The van der Waals surface area contributed by atoms with Gasteiger partial charge in [-0.1, -0.05) is 15.9 Å². The maximum atomic E-state index is 9.76. The third kappa shape index (κ3) is 5.70. The van der Waals surface area contributed by atoms with Crippen molar-refractivity contribution in [3.05, 3.63) is 27.7 Å². The van der Waals surface area contributed by atoms with Gasteiger partial charge in [0.25, 0.3) is 0 Å². The first-order chi connectivity index (χ1) is 13.3. The molecular formula is C22H36BrN3O2. The van der Waals surface area contributed by atoms with Gasteiger partial charge in [0.2, 0.25) is 0 Å². The molecule has 1 aromatic carbocycles. The number of nitrogens with zero attached hydrogens (tertiary/aromatic N) is 2. The van der Waals surface area contributed by atoms with Gasteiger partial charge < -0.3 is 15.9 Å². The van der Waals surface area contributed by atoms with Gasteiger partial charge in [-0.25, -0.2) is 0 Å². The van der Waals surface area contributed by atoms with Crippen LogP contribution in [0.1, 0.15) is 62.5 Å². The van der Waals surface area contributed by atoms with Gasteiger partial charge in [0, 0.05) is 35.3 Å². The van der Waals surface area contributed by atoms with Crippen LogP contribution in [0.4, 0.5) is 5.69 Å². The van der Waals surface area contributed by atoms with Crippen LogP contribution in [-0.4, -0.2) is 58.4 Å². The zero-order valence-corrected chi connectivity index (χ0v) is 18.9. The fourth-order valence-corrected chi connectivity index (χ4v) is 5.34. The molecule has 4 N–H and O–H groups in total. The van der Waals surface area contributed by atoms with E-state index in [9.17, 15) is 10.2 Å². The highest BCUT2D eigenvalue weighted by molar-refractivity contribution is 9.10. The molecular weight excluding hydrogens is 418 g/mol. The Kier molecular flexibility index (Phi) is 7.79. The first-order valence-electron chi connectivity index (χ1n) is 10.7. The second-order valence-corrected chi connectivity index (χ2v) is 9.81. The van der Waals surface area contributed by atoms with Gasteiger partial charge in [0.05, 0.1) is 12.2 Å². The average Bonchev–Trinajstić information content (AvgIpc) is 2.66. The molecule has 5 nitrogen and oxygen atoms in total. The molecule has 2 aliphatic carbocycles. The predicted molar refractivity (Wildman–Crippen MR) is 118 cm³/mol. The van der Waals surface area contributed by atoms with Gasteiger partial charge in [-0.05, 0) is 88.7 Å². The van der Waals surface area contributed by atoms with Crippen molar-refractivity contribution in [3.8, 4) is 0 Å². The number of anilines is 1. The summed E-state index contributed by atoms with van der Waals surface area (Å²) in [6, 6.07) is 5.32. The van der Waals surface area contributed by atoms with E-state index in [1.165, 1.54) is 11.1 Å². The topological polar surface area (TPSA) is 73.0 Å². The van der Waals surface area contributed by atoms with Crippen LogP contribution in [0.2, 0.25) is 0 Å². The molecule has 0 amide bonds. The van der Waals surface area contributed by atoms with Crippen molar-refractivity contribution in [2.24, 2.45) is 0 Å². The quantitative estimate of drug-likeness (QED) is 0.574. The first kappa shape index (κ1) is 22.0. The van der Waals surface area contributed by atoms with Crippen molar-refractivity contribution in [3.63, 3.8) is 0 Å². The summed E-state index contributed by atoms with van der Waals surface area (Å²) in [6.07, 6.45) is 7.55. The maximum Gasteiger partial charge on any atom is 0.0541 e. The number of rotatable bonds is 6. The van der Waals surface area contributed by atoms with Crippen LogP contribution >= 0.6 is 15.9 Å². The van der Waals surface area contributed by atoms with E-state index in [0.29, 0.717) is 12.1 Å². The lowest BCUT2D eigenvalue weighted by Crippen LogP contribution is -2.36. The van der Waals surface area contributed by atoms with E-state index in [-0.39, 0.29) is 12.2 Å². The van der Waals surface area contributed by atoms with E-state index in [2.05, 4.69) is 52.0 Å². The highest BCUT2D eigenvalue weighted by atomic mass is 79.9. The molecule has 0 bridgehead atoms. The Morgan fingerprint density at radius 3 is 1.54 bits per heavy atom. The second kappa shape index (κ2) is 9.90. The number of aliphatic hydroxyl groups is 2. The summed E-state index contributed by atoms with van der Waals surface area (Å²) >= 11 is 3.68. The molecule has 2 aliphatic rings. The van der Waals surface area contributed by atoms with Crippen molar-refractivity contribution >= 4 is 21.6 Å². The zero-order chi connectivity index (χ0) is 20.3. The first-order valence-corrected chi connectivity index (χ1v) is 11.5. The Balaban J connectivity index is 1.65. The van der Waals surface area contributed by atoms with Crippen LogP contribution < -0.4 is 5.73 Å². The Bertz CT molecular complexity index is 590. The standard InChI is InChI=1S/C22H36BrN3O2/c1-25(18-3-7-20(27)8-4-18)13-15-11-17(23)12-16(22(15)24)14-26(2)19-5-9-21(28)10-6-19/h11-12,18-21,27-28H,3-10,13-14,24H2,1-2H3. The molecule has 0 spiro atoms. The van der Waals surface area contributed by atoms with Gasteiger partial charge >= 0.3 is 0 Å². The van der Waals surface area contributed by atoms with Crippen LogP contribution in [0, 0.1) is 0 Å². The van der Waals surface area contributed by atoms with Crippen LogP contribution in [0.3, 0.4) is 0 Å². The van der Waals surface area contributed by atoms with Gasteiger partial charge in [-0.2, -0.15) is 0 Å². The lowest BCUT2D eigenvalue weighted by atomic mass is 9.91.